The summed E-state index contributed by atoms with van der Waals surface area (Å²) < 4.78 is 7.72. The molecule has 1 saturated heterocycles. The van der Waals surface area contributed by atoms with Gasteiger partial charge in [-0.2, -0.15) is 0 Å². The number of hydrogen-bond donors (Lipinski definition) is 3. The summed E-state index contributed by atoms with van der Waals surface area (Å²) in [5, 5.41) is 37.3. The smallest absolute Gasteiger partial charge is 0.200 e. The minimum Gasteiger partial charge on any atom is -0.397 e. The first-order chi connectivity index (χ1) is 14.3. The normalized spacial score (nSPS) is 30.5. The molecule has 3 heterocycles. The summed E-state index contributed by atoms with van der Waals surface area (Å²) in [5.74, 6) is 0.407. The number of aliphatic imine (C=N–C) groups is 1. The van der Waals surface area contributed by atoms with Crippen molar-refractivity contribution in [3.63, 3.8) is 0 Å². The fraction of sp³-hybridized carbons (Fsp3) is 0.400. The summed E-state index contributed by atoms with van der Waals surface area (Å²) in [5.41, 5.74) is 0.215. The predicted molar refractivity (Wildman–Crippen MR) is 112 cm³/mol. The van der Waals surface area contributed by atoms with E-state index in [1.54, 1.807) is 35.2 Å². The van der Waals surface area contributed by atoms with Gasteiger partial charge in [-0.05, 0) is 30.7 Å². The van der Waals surface area contributed by atoms with Gasteiger partial charge in [-0.15, -0.1) is 0 Å². The lowest BCUT2D eigenvalue weighted by Gasteiger charge is -2.29. The Bertz CT molecular complexity index is 1020. The molecule has 10 heteroatoms. The van der Waals surface area contributed by atoms with Gasteiger partial charge >= 0.3 is 0 Å². The number of fused-ring (bicyclic) bond motifs is 1. The van der Waals surface area contributed by atoms with E-state index in [0.29, 0.717) is 22.8 Å². The van der Waals surface area contributed by atoms with Crippen molar-refractivity contribution in [3.8, 4) is 0 Å². The zero-order chi connectivity index (χ0) is 21.6. The molecular formula is C20H21Cl2N3O5. The number of aliphatic hydroxyl groups excluding tert-OH is 2. The Morgan fingerprint density at radius 3 is 2.80 bits per heavy atom. The number of oxime groups is 1. The number of nitrogens with zero attached hydrogens (tertiary/aromatic N) is 3. The average molecular weight is 454 g/mol. The molecule has 0 bridgehead atoms. The Hall–Kier alpha value is -1.94. The second kappa shape index (κ2) is 7.96. The van der Waals surface area contributed by atoms with Crippen LogP contribution < -0.4 is 0 Å². The van der Waals surface area contributed by atoms with Crippen molar-refractivity contribution in [2.75, 3.05) is 7.11 Å². The van der Waals surface area contributed by atoms with Crippen molar-refractivity contribution >= 4 is 35.3 Å². The molecule has 2 aliphatic rings. The Kier molecular flexibility index (Phi) is 5.65. The summed E-state index contributed by atoms with van der Waals surface area (Å²) >= 11 is 12.0. The van der Waals surface area contributed by atoms with E-state index in [1.807, 2.05) is 0 Å². The number of aromatic nitrogens is 1. The van der Waals surface area contributed by atoms with E-state index in [2.05, 4.69) is 10.1 Å². The van der Waals surface area contributed by atoms with E-state index in [1.165, 1.54) is 20.1 Å². The highest BCUT2D eigenvalue weighted by atomic mass is 35.5. The van der Waals surface area contributed by atoms with Crippen LogP contribution in [0.1, 0.15) is 36.1 Å². The van der Waals surface area contributed by atoms with Crippen LogP contribution in [-0.2, 0) is 16.0 Å². The summed E-state index contributed by atoms with van der Waals surface area (Å²) in [6.07, 6.45) is -0.704. The molecule has 1 aromatic carbocycles. The fourth-order valence-electron chi connectivity index (χ4n) is 3.89. The average Bonchev–Trinajstić information content (AvgIpc) is 3.24. The molecule has 0 radical (unpaired) electrons. The van der Waals surface area contributed by atoms with Crippen LogP contribution in [0.15, 0.2) is 40.6 Å². The maximum atomic E-state index is 11.0. The standard InChI is InChI=1S/C20H21Cl2N3O5/c1-20(28)16(27)19(25-8-6-11-14(25)5-7-23-18(11)24-29-2)30-17(20)15(26)10-3-4-12(21)13(22)9-10/h3-4,6-9,15-17,19,26-28H,5H2,1-2H3/b24-18+/t15-,16+,17-,19-,20+/m1/s1. The molecule has 0 amide bonds. The van der Waals surface area contributed by atoms with Crippen molar-refractivity contribution in [1.29, 1.82) is 0 Å². The van der Waals surface area contributed by atoms with Crippen LogP contribution in [0.5, 0.6) is 0 Å². The quantitative estimate of drug-likeness (QED) is 0.616. The van der Waals surface area contributed by atoms with Crippen molar-refractivity contribution in [2.45, 2.75) is 43.5 Å². The largest absolute Gasteiger partial charge is 0.397 e. The second-order valence-corrected chi connectivity index (χ2v) is 8.25. The van der Waals surface area contributed by atoms with Crippen molar-refractivity contribution in [2.24, 2.45) is 10.1 Å². The molecule has 2 aliphatic heterocycles. The lowest BCUT2D eigenvalue weighted by Crippen LogP contribution is -2.47. The van der Waals surface area contributed by atoms with Crippen molar-refractivity contribution in [3.05, 3.63) is 57.3 Å². The van der Waals surface area contributed by atoms with Gasteiger partial charge < -0.3 is 29.5 Å². The highest BCUT2D eigenvalue weighted by Gasteiger charge is 2.56. The Balaban J connectivity index is 1.67. The van der Waals surface area contributed by atoms with E-state index in [-0.39, 0.29) is 5.02 Å². The van der Waals surface area contributed by atoms with Crippen LogP contribution in [0.4, 0.5) is 0 Å². The van der Waals surface area contributed by atoms with Crippen molar-refractivity contribution in [1.82, 2.24) is 4.57 Å². The van der Waals surface area contributed by atoms with E-state index >= 15 is 0 Å². The molecule has 30 heavy (non-hydrogen) atoms. The van der Waals surface area contributed by atoms with Gasteiger partial charge in [0.05, 0.1) is 10.0 Å². The number of amidine groups is 1. The molecule has 3 N–H and O–H groups in total. The molecule has 0 unspecified atom stereocenters. The van der Waals surface area contributed by atoms with E-state index in [4.69, 9.17) is 32.8 Å². The zero-order valence-corrected chi connectivity index (χ0v) is 17.7. The van der Waals surface area contributed by atoms with Gasteiger partial charge in [0.2, 0.25) is 0 Å². The number of rotatable bonds is 4. The zero-order valence-electron chi connectivity index (χ0n) is 16.2. The van der Waals surface area contributed by atoms with Gasteiger partial charge in [0.1, 0.15) is 31.0 Å². The monoisotopic (exact) mass is 453 g/mol. The third-order valence-corrected chi connectivity index (χ3v) is 6.26. The molecule has 0 aliphatic carbocycles. The third-order valence-electron chi connectivity index (χ3n) is 5.52. The molecular weight excluding hydrogens is 433 g/mol. The van der Waals surface area contributed by atoms with Crippen LogP contribution >= 0.6 is 23.2 Å². The summed E-state index contributed by atoms with van der Waals surface area (Å²) in [4.78, 5) is 9.05. The highest BCUT2D eigenvalue weighted by Crippen LogP contribution is 2.44. The first kappa shape index (κ1) is 21.3. The highest BCUT2D eigenvalue weighted by molar-refractivity contribution is 6.42. The van der Waals surface area contributed by atoms with Gasteiger partial charge in [-0.1, -0.05) is 34.4 Å². The molecule has 5 atom stereocenters. The van der Waals surface area contributed by atoms with Crippen LogP contribution in [-0.4, -0.2) is 56.9 Å². The van der Waals surface area contributed by atoms with Crippen LogP contribution in [0.2, 0.25) is 10.0 Å². The van der Waals surface area contributed by atoms with Crippen LogP contribution in [0.25, 0.3) is 0 Å². The number of aliphatic hydroxyl groups is 3. The maximum Gasteiger partial charge on any atom is 0.200 e. The first-order valence-corrected chi connectivity index (χ1v) is 10.0. The number of halogens is 2. The van der Waals surface area contributed by atoms with E-state index in [9.17, 15) is 15.3 Å². The second-order valence-electron chi connectivity index (χ2n) is 7.43. The van der Waals surface area contributed by atoms with Gasteiger partial charge in [0.15, 0.2) is 12.1 Å². The van der Waals surface area contributed by atoms with Crippen LogP contribution in [0, 0.1) is 0 Å². The SMILES string of the molecule is CO/N=C1/N=CCc2c1ccn2[C@@H]1O[C@H]([C@H](O)c2ccc(Cl)c(Cl)c2)[C@@](C)(O)[C@H]1O. The summed E-state index contributed by atoms with van der Waals surface area (Å²) in [7, 11) is 1.43. The molecule has 2 aromatic rings. The minimum absolute atomic E-state index is 0.270. The van der Waals surface area contributed by atoms with Gasteiger partial charge in [-0.25, -0.2) is 4.99 Å². The third kappa shape index (κ3) is 3.43. The van der Waals surface area contributed by atoms with Gasteiger partial charge in [0.25, 0.3) is 0 Å². The lowest BCUT2D eigenvalue weighted by atomic mass is 9.88. The van der Waals surface area contributed by atoms with E-state index < -0.39 is 30.1 Å². The van der Waals surface area contributed by atoms with Crippen molar-refractivity contribution < 1.29 is 24.9 Å². The fourth-order valence-corrected chi connectivity index (χ4v) is 4.19. The van der Waals surface area contributed by atoms with Crippen LogP contribution in [0.3, 0.4) is 0 Å². The number of benzene rings is 1. The number of ether oxygens (including phenoxy) is 1. The predicted octanol–water partition coefficient (Wildman–Crippen LogP) is 2.47. The molecule has 4 rings (SSSR count). The van der Waals surface area contributed by atoms with Gasteiger partial charge in [-0.3, -0.25) is 0 Å². The summed E-state index contributed by atoms with van der Waals surface area (Å²) in [6.45, 7) is 1.43. The first-order valence-electron chi connectivity index (χ1n) is 9.28. The topological polar surface area (TPSA) is 109 Å². The van der Waals surface area contributed by atoms with E-state index in [0.717, 1.165) is 11.3 Å². The summed E-state index contributed by atoms with van der Waals surface area (Å²) in [6, 6.07) is 6.45. The minimum atomic E-state index is -1.74. The molecule has 160 valence electrons. The maximum absolute atomic E-state index is 11.0. The number of hydrogen-bond acceptors (Lipinski definition) is 6. The molecule has 0 spiro atoms. The Labute approximate surface area is 183 Å². The molecule has 1 fully saturated rings. The molecule has 1 aromatic heterocycles. The lowest BCUT2D eigenvalue weighted by molar-refractivity contribution is -0.115. The van der Waals surface area contributed by atoms with Gasteiger partial charge in [0, 0.05) is 30.1 Å². The Morgan fingerprint density at radius 1 is 1.33 bits per heavy atom. The molecule has 8 nitrogen and oxygen atoms in total. The molecule has 0 saturated carbocycles. The Morgan fingerprint density at radius 2 is 2.10 bits per heavy atom.